The molecule has 1 saturated heterocycles. The fraction of sp³-hybridized carbons (Fsp3) is 0.333. The maximum atomic E-state index is 12.8. The average molecular weight is 413 g/mol. The summed E-state index contributed by atoms with van der Waals surface area (Å²) in [5.74, 6) is -0.111. The molecule has 0 radical (unpaired) electrons. The topological polar surface area (TPSA) is 84.3 Å². The number of fused-ring (bicyclic) bond motifs is 1. The second-order valence-electron chi connectivity index (χ2n) is 7.31. The Hall–Kier alpha value is -2.71. The monoisotopic (exact) mass is 412 g/mol. The Bertz CT molecular complexity index is 1120. The van der Waals surface area contributed by atoms with E-state index in [1.807, 2.05) is 35.9 Å². The first kappa shape index (κ1) is 19.6. The van der Waals surface area contributed by atoms with Crippen LogP contribution in [0.2, 0.25) is 0 Å². The molecular formula is C21H24N4O3S. The highest BCUT2D eigenvalue weighted by molar-refractivity contribution is 7.89. The number of hydrogen-bond acceptors (Lipinski definition) is 4. The molecule has 0 unspecified atom stereocenters. The van der Waals surface area contributed by atoms with Gasteiger partial charge in [0.15, 0.2) is 0 Å². The summed E-state index contributed by atoms with van der Waals surface area (Å²) in [7, 11) is -3.46. The Morgan fingerprint density at radius 3 is 2.72 bits per heavy atom. The van der Waals surface area contributed by atoms with E-state index >= 15 is 0 Å². The smallest absolute Gasteiger partial charge is 0.243 e. The van der Waals surface area contributed by atoms with Crippen molar-refractivity contribution < 1.29 is 13.2 Å². The van der Waals surface area contributed by atoms with Crippen LogP contribution < -0.4 is 5.32 Å². The van der Waals surface area contributed by atoms with Gasteiger partial charge in [-0.25, -0.2) is 8.42 Å². The van der Waals surface area contributed by atoms with Crippen LogP contribution >= 0.6 is 0 Å². The zero-order chi connectivity index (χ0) is 20.4. The summed E-state index contributed by atoms with van der Waals surface area (Å²) in [6, 6.07) is 10.3. The highest BCUT2D eigenvalue weighted by atomic mass is 32.2. The lowest BCUT2D eigenvalue weighted by Crippen LogP contribution is -2.30. The van der Waals surface area contributed by atoms with E-state index in [-0.39, 0.29) is 5.91 Å². The summed E-state index contributed by atoms with van der Waals surface area (Å²) in [5.41, 5.74) is 1.76. The van der Waals surface area contributed by atoms with Crippen molar-refractivity contribution in [2.45, 2.75) is 37.2 Å². The van der Waals surface area contributed by atoms with E-state index in [0.717, 1.165) is 29.3 Å². The third kappa shape index (κ3) is 3.90. The van der Waals surface area contributed by atoms with Gasteiger partial charge < -0.3 is 9.88 Å². The van der Waals surface area contributed by atoms with Gasteiger partial charge >= 0.3 is 0 Å². The fourth-order valence-corrected chi connectivity index (χ4v) is 5.24. The minimum Gasteiger partial charge on any atom is -0.350 e. The highest BCUT2D eigenvalue weighted by Gasteiger charge is 2.27. The molecule has 1 atom stereocenters. The van der Waals surface area contributed by atoms with Gasteiger partial charge in [-0.05, 0) is 55.7 Å². The predicted octanol–water partition coefficient (Wildman–Crippen LogP) is 2.70. The first-order valence-electron chi connectivity index (χ1n) is 9.74. The van der Waals surface area contributed by atoms with Crippen LogP contribution in [0.3, 0.4) is 0 Å². The second-order valence-corrected chi connectivity index (χ2v) is 9.25. The Morgan fingerprint density at radius 1 is 1.21 bits per heavy atom. The quantitative estimate of drug-likeness (QED) is 0.675. The number of hydrogen-bond donors (Lipinski definition) is 1. The van der Waals surface area contributed by atoms with Gasteiger partial charge in [-0.15, -0.1) is 0 Å². The summed E-state index contributed by atoms with van der Waals surface area (Å²) in [5, 5.41) is 3.73. The molecule has 0 saturated carbocycles. The maximum absolute atomic E-state index is 12.8. The minimum absolute atomic E-state index is 0.111. The molecule has 1 aliphatic rings. The number of aromatic nitrogens is 2. The van der Waals surface area contributed by atoms with E-state index in [9.17, 15) is 13.2 Å². The molecule has 1 fully saturated rings. The van der Waals surface area contributed by atoms with Crippen LogP contribution in [0.25, 0.3) is 10.9 Å². The zero-order valence-corrected chi connectivity index (χ0v) is 17.1. The first-order chi connectivity index (χ1) is 14.0. The first-order valence-corrected chi connectivity index (χ1v) is 11.2. The van der Waals surface area contributed by atoms with E-state index in [0.29, 0.717) is 24.5 Å². The van der Waals surface area contributed by atoms with Crippen molar-refractivity contribution in [2.24, 2.45) is 0 Å². The minimum atomic E-state index is -3.46. The number of carbonyl (C=O) groups excluding carboxylic acids is 1. The van der Waals surface area contributed by atoms with E-state index in [2.05, 4.69) is 10.3 Å². The van der Waals surface area contributed by atoms with Crippen molar-refractivity contribution in [1.29, 1.82) is 0 Å². The third-order valence-electron chi connectivity index (χ3n) is 5.38. The highest BCUT2D eigenvalue weighted by Crippen LogP contribution is 2.26. The number of sulfonamides is 1. The van der Waals surface area contributed by atoms with Crippen molar-refractivity contribution >= 4 is 26.8 Å². The van der Waals surface area contributed by atoms with E-state index in [1.165, 1.54) is 0 Å². The van der Waals surface area contributed by atoms with Crippen LogP contribution in [0.5, 0.6) is 0 Å². The molecule has 7 nitrogen and oxygen atoms in total. The number of carbonyl (C=O) groups is 1. The van der Waals surface area contributed by atoms with Crippen molar-refractivity contribution in [3.05, 3.63) is 60.6 Å². The number of nitrogens with zero attached hydrogens (tertiary/aromatic N) is 3. The molecule has 152 valence electrons. The lowest BCUT2D eigenvalue weighted by Gasteiger charge is -2.17. The lowest BCUT2D eigenvalue weighted by atomic mass is 10.2. The summed E-state index contributed by atoms with van der Waals surface area (Å²) in [4.78, 5) is 17.0. The SMILES string of the molecule is C[C@@H](C(=O)NCc1cccnc1)n1ccc2cc(S(=O)(=O)N3CCCC3)ccc21. The van der Waals surface area contributed by atoms with Crippen LogP contribution in [0, 0.1) is 0 Å². The Labute approximate surface area is 170 Å². The second kappa shape index (κ2) is 7.96. The van der Waals surface area contributed by atoms with Gasteiger partial charge in [0.25, 0.3) is 0 Å². The van der Waals surface area contributed by atoms with Crippen molar-refractivity contribution in [3.8, 4) is 0 Å². The predicted molar refractivity (Wildman–Crippen MR) is 111 cm³/mol. The summed E-state index contributed by atoms with van der Waals surface area (Å²) in [6.07, 6.45) is 7.05. The molecule has 3 aromatic rings. The summed E-state index contributed by atoms with van der Waals surface area (Å²) >= 11 is 0. The number of benzene rings is 1. The maximum Gasteiger partial charge on any atom is 0.243 e. The molecule has 1 N–H and O–H groups in total. The Balaban J connectivity index is 1.53. The molecule has 0 spiro atoms. The fourth-order valence-electron chi connectivity index (χ4n) is 3.68. The van der Waals surface area contributed by atoms with Crippen molar-refractivity contribution in [3.63, 3.8) is 0 Å². The van der Waals surface area contributed by atoms with Crippen molar-refractivity contribution in [2.75, 3.05) is 13.1 Å². The molecule has 1 aliphatic heterocycles. The van der Waals surface area contributed by atoms with E-state index in [1.54, 1.807) is 34.9 Å². The van der Waals surface area contributed by atoms with Gasteiger partial charge in [0.1, 0.15) is 6.04 Å². The molecule has 8 heteroatoms. The lowest BCUT2D eigenvalue weighted by molar-refractivity contribution is -0.123. The van der Waals surface area contributed by atoms with Crippen LogP contribution in [0.1, 0.15) is 31.4 Å². The molecule has 3 heterocycles. The van der Waals surface area contributed by atoms with Crippen molar-refractivity contribution in [1.82, 2.24) is 19.2 Å². The number of nitrogens with one attached hydrogen (secondary N) is 1. The van der Waals surface area contributed by atoms with Gasteiger partial charge in [0.2, 0.25) is 15.9 Å². The summed E-state index contributed by atoms with van der Waals surface area (Å²) in [6.45, 7) is 3.40. The standard InChI is InChI=1S/C21H24N4O3S/c1-16(21(26)23-15-17-5-4-9-22-14-17)25-12-8-18-13-19(6-7-20(18)25)29(27,28)24-10-2-3-11-24/h4-9,12-14,16H,2-3,10-11,15H2,1H3,(H,23,26)/t16-/m0/s1. The average Bonchev–Trinajstić information content (AvgIpc) is 3.42. The number of amides is 1. The van der Waals surface area contributed by atoms with Gasteiger partial charge in [-0.1, -0.05) is 6.07 Å². The number of rotatable bonds is 6. The summed E-state index contributed by atoms with van der Waals surface area (Å²) < 4.78 is 29.0. The van der Waals surface area contributed by atoms with Crippen LogP contribution in [-0.2, 0) is 21.4 Å². The normalized spacial score (nSPS) is 16.2. The molecule has 2 aromatic heterocycles. The molecule has 1 aromatic carbocycles. The van der Waals surface area contributed by atoms with Gasteiger partial charge in [-0.3, -0.25) is 9.78 Å². The van der Waals surface area contributed by atoms with Gasteiger partial charge in [0.05, 0.1) is 4.90 Å². The molecular weight excluding hydrogens is 388 g/mol. The number of pyridine rings is 1. The molecule has 29 heavy (non-hydrogen) atoms. The molecule has 1 amide bonds. The largest absolute Gasteiger partial charge is 0.350 e. The van der Waals surface area contributed by atoms with Crippen LogP contribution in [0.15, 0.2) is 59.9 Å². The Kier molecular flexibility index (Phi) is 5.38. The zero-order valence-electron chi connectivity index (χ0n) is 16.3. The molecule has 4 rings (SSSR count). The van der Waals surface area contributed by atoms with E-state index < -0.39 is 16.1 Å². The van der Waals surface area contributed by atoms with E-state index in [4.69, 9.17) is 0 Å². The Morgan fingerprint density at radius 2 is 2.00 bits per heavy atom. The van der Waals surface area contributed by atoms with Crippen LogP contribution in [0.4, 0.5) is 0 Å². The third-order valence-corrected chi connectivity index (χ3v) is 7.28. The van der Waals surface area contributed by atoms with Gasteiger partial charge in [-0.2, -0.15) is 4.31 Å². The molecule has 0 bridgehead atoms. The van der Waals surface area contributed by atoms with Gasteiger partial charge in [0, 0.05) is 49.1 Å². The molecule has 0 aliphatic carbocycles. The van der Waals surface area contributed by atoms with Crippen LogP contribution in [-0.4, -0.2) is 41.3 Å².